The van der Waals surface area contributed by atoms with Crippen LogP contribution in [0, 0.1) is 0 Å². The average molecular weight is 261 g/mol. The zero-order valence-electron chi connectivity index (χ0n) is 11.4. The minimum atomic E-state index is 0.439. The Morgan fingerprint density at radius 1 is 1.21 bits per heavy atom. The summed E-state index contributed by atoms with van der Waals surface area (Å²) >= 11 is 0. The molecule has 2 fully saturated rings. The van der Waals surface area contributed by atoms with Crippen molar-refractivity contribution in [3.05, 3.63) is 12.4 Å². The van der Waals surface area contributed by atoms with E-state index in [1.54, 1.807) is 6.33 Å². The highest BCUT2D eigenvalue weighted by Crippen LogP contribution is 2.26. The maximum absolute atomic E-state index is 5.83. The van der Waals surface area contributed by atoms with Crippen molar-refractivity contribution in [3.63, 3.8) is 0 Å². The van der Waals surface area contributed by atoms with Crippen LogP contribution in [0.25, 0.3) is 0 Å². The second kappa shape index (κ2) is 5.74. The number of aromatic nitrogens is 2. The van der Waals surface area contributed by atoms with Gasteiger partial charge in [0.15, 0.2) is 0 Å². The molecular formula is C14H23N5. The molecule has 5 nitrogen and oxygen atoms in total. The van der Waals surface area contributed by atoms with Gasteiger partial charge in [0.1, 0.15) is 18.0 Å². The van der Waals surface area contributed by atoms with Gasteiger partial charge in [-0.2, -0.15) is 0 Å². The van der Waals surface area contributed by atoms with Crippen LogP contribution < -0.4 is 16.0 Å². The fourth-order valence-corrected chi connectivity index (χ4v) is 3.24. The van der Waals surface area contributed by atoms with Crippen molar-refractivity contribution in [1.29, 1.82) is 0 Å². The molecule has 104 valence electrons. The van der Waals surface area contributed by atoms with Crippen LogP contribution in [0.3, 0.4) is 0 Å². The van der Waals surface area contributed by atoms with E-state index in [9.17, 15) is 0 Å². The van der Waals surface area contributed by atoms with E-state index in [0.29, 0.717) is 18.6 Å². The maximum atomic E-state index is 5.83. The molecule has 2 aliphatic rings. The topological polar surface area (TPSA) is 67.1 Å². The van der Waals surface area contributed by atoms with E-state index in [-0.39, 0.29) is 0 Å². The van der Waals surface area contributed by atoms with Crippen LogP contribution in [0.4, 0.5) is 11.6 Å². The van der Waals surface area contributed by atoms with Gasteiger partial charge in [0.25, 0.3) is 0 Å². The Balaban J connectivity index is 1.71. The lowest BCUT2D eigenvalue weighted by molar-refractivity contribution is 0.670. The summed E-state index contributed by atoms with van der Waals surface area (Å²) in [6.45, 7) is 1.76. The predicted molar refractivity (Wildman–Crippen MR) is 77.3 cm³/mol. The van der Waals surface area contributed by atoms with E-state index in [2.05, 4.69) is 26.3 Å². The molecule has 1 saturated carbocycles. The summed E-state index contributed by atoms with van der Waals surface area (Å²) < 4.78 is 0. The fraction of sp³-hybridized carbons (Fsp3) is 0.714. The molecular weight excluding hydrogens is 238 g/mol. The molecule has 0 aromatic carbocycles. The minimum absolute atomic E-state index is 0.439. The van der Waals surface area contributed by atoms with Crippen molar-refractivity contribution in [2.45, 2.75) is 50.6 Å². The molecule has 1 atom stereocenters. The quantitative estimate of drug-likeness (QED) is 0.864. The third-order valence-electron chi connectivity index (χ3n) is 4.30. The summed E-state index contributed by atoms with van der Waals surface area (Å²) in [5.41, 5.74) is 5.83. The molecule has 19 heavy (non-hydrogen) atoms. The second-order valence-corrected chi connectivity index (χ2v) is 5.61. The largest absolute Gasteiger partial charge is 0.367 e. The van der Waals surface area contributed by atoms with Crippen molar-refractivity contribution in [2.24, 2.45) is 5.73 Å². The molecule has 0 amide bonds. The van der Waals surface area contributed by atoms with Crippen LogP contribution >= 0.6 is 0 Å². The summed E-state index contributed by atoms with van der Waals surface area (Å²) in [6, 6.07) is 3.10. The summed E-state index contributed by atoms with van der Waals surface area (Å²) in [7, 11) is 0. The maximum Gasteiger partial charge on any atom is 0.134 e. The van der Waals surface area contributed by atoms with Crippen LogP contribution in [0.5, 0.6) is 0 Å². The van der Waals surface area contributed by atoms with E-state index in [1.807, 2.05) is 0 Å². The summed E-state index contributed by atoms with van der Waals surface area (Å²) in [4.78, 5) is 11.1. The van der Waals surface area contributed by atoms with Gasteiger partial charge >= 0.3 is 0 Å². The molecule has 1 saturated heterocycles. The monoisotopic (exact) mass is 261 g/mol. The highest BCUT2D eigenvalue weighted by molar-refractivity contribution is 5.50. The first-order chi connectivity index (χ1) is 9.36. The molecule has 3 N–H and O–H groups in total. The predicted octanol–water partition coefficient (Wildman–Crippen LogP) is 1.76. The number of anilines is 2. The van der Waals surface area contributed by atoms with Gasteiger partial charge in [-0.3, -0.25) is 0 Å². The Bertz CT molecular complexity index is 416. The van der Waals surface area contributed by atoms with Gasteiger partial charge in [-0.25, -0.2) is 9.97 Å². The number of hydrogen-bond donors (Lipinski definition) is 2. The van der Waals surface area contributed by atoms with Gasteiger partial charge in [-0.15, -0.1) is 0 Å². The highest BCUT2D eigenvalue weighted by Gasteiger charge is 2.24. The number of rotatable bonds is 4. The lowest BCUT2D eigenvalue weighted by Gasteiger charge is -2.25. The van der Waals surface area contributed by atoms with Crippen LogP contribution in [0.1, 0.15) is 38.5 Å². The van der Waals surface area contributed by atoms with Gasteiger partial charge in [-0.1, -0.05) is 12.8 Å². The Hall–Kier alpha value is -1.36. The first-order valence-electron chi connectivity index (χ1n) is 7.42. The second-order valence-electron chi connectivity index (χ2n) is 5.61. The third kappa shape index (κ3) is 2.81. The van der Waals surface area contributed by atoms with Gasteiger partial charge in [0.2, 0.25) is 0 Å². The van der Waals surface area contributed by atoms with Crippen molar-refractivity contribution in [1.82, 2.24) is 9.97 Å². The van der Waals surface area contributed by atoms with E-state index >= 15 is 0 Å². The average Bonchev–Trinajstić information content (AvgIpc) is 3.09. The third-order valence-corrected chi connectivity index (χ3v) is 4.30. The summed E-state index contributed by atoms with van der Waals surface area (Å²) in [5.74, 6) is 1.98. The molecule has 2 heterocycles. The standard InChI is InChI=1S/C14H23N5/c15-9-12-6-3-7-19(12)14-8-13(16-10-17-14)18-11-4-1-2-5-11/h8,10-12H,1-7,9,15H2,(H,16,17,18). The van der Waals surface area contributed by atoms with Crippen LogP contribution in [0.2, 0.25) is 0 Å². The van der Waals surface area contributed by atoms with Crippen molar-refractivity contribution in [3.8, 4) is 0 Å². The molecule has 1 aromatic heterocycles. The van der Waals surface area contributed by atoms with E-state index < -0.39 is 0 Å². The van der Waals surface area contributed by atoms with E-state index in [0.717, 1.165) is 18.2 Å². The minimum Gasteiger partial charge on any atom is -0.367 e. The fourth-order valence-electron chi connectivity index (χ4n) is 3.24. The Morgan fingerprint density at radius 2 is 2.05 bits per heavy atom. The summed E-state index contributed by atoms with van der Waals surface area (Å²) in [6.07, 6.45) is 9.22. The van der Waals surface area contributed by atoms with Gasteiger partial charge in [0, 0.05) is 31.2 Å². The normalized spacial score (nSPS) is 24.1. The molecule has 1 aromatic rings. The molecule has 0 radical (unpaired) electrons. The first-order valence-corrected chi connectivity index (χ1v) is 7.42. The number of hydrogen-bond acceptors (Lipinski definition) is 5. The number of nitrogens with two attached hydrogens (primary N) is 1. The lowest BCUT2D eigenvalue weighted by Crippen LogP contribution is -2.36. The van der Waals surface area contributed by atoms with Crippen LogP contribution in [0.15, 0.2) is 12.4 Å². The van der Waals surface area contributed by atoms with E-state index in [1.165, 1.54) is 38.5 Å². The van der Waals surface area contributed by atoms with Crippen molar-refractivity contribution < 1.29 is 0 Å². The van der Waals surface area contributed by atoms with Crippen molar-refractivity contribution >= 4 is 11.6 Å². The molecule has 1 unspecified atom stereocenters. The molecule has 0 spiro atoms. The zero-order valence-corrected chi connectivity index (χ0v) is 11.4. The molecule has 3 rings (SSSR count). The van der Waals surface area contributed by atoms with E-state index in [4.69, 9.17) is 5.73 Å². The SMILES string of the molecule is NCC1CCCN1c1cc(NC2CCCC2)ncn1. The smallest absolute Gasteiger partial charge is 0.134 e. The number of nitrogens with one attached hydrogen (secondary N) is 1. The van der Waals surface area contributed by atoms with Crippen LogP contribution in [-0.2, 0) is 0 Å². The first kappa shape index (κ1) is 12.7. The van der Waals surface area contributed by atoms with Crippen LogP contribution in [-0.4, -0.2) is 35.1 Å². The Morgan fingerprint density at radius 3 is 2.84 bits per heavy atom. The zero-order chi connectivity index (χ0) is 13.1. The van der Waals surface area contributed by atoms with Crippen molar-refractivity contribution in [2.75, 3.05) is 23.3 Å². The summed E-state index contributed by atoms with van der Waals surface area (Å²) in [5, 5.41) is 3.53. The highest BCUT2D eigenvalue weighted by atomic mass is 15.2. The van der Waals surface area contributed by atoms with Gasteiger partial charge in [0.05, 0.1) is 0 Å². The van der Waals surface area contributed by atoms with Gasteiger partial charge in [-0.05, 0) is 25.7 Å². The molecule has 5 heteroatoms. The lowest BCUT2D eigenvalue weighted by atomic mass is 10.2. The Labute approximate surface area is 114 Å². The molecule has 1 aliphatic carbocycles. The Kier molecular flexibility index (Phi) is 3.82. The van der Waals surface area contributed by atoms with Gasteiger partial charge < -0.3 is 16.0 Å². The molecule has 1 aliphatic heterocycles. The number of nitrogens with zero attached hydrogens (tertiary/aromatic N) is 3. The molecule has 0 bridgehead atoms.